The van der Waals surface area contributed by atoms with Crippen LogP contribution in [0.2, 0.25) is 0 Å². The Morgan fingerprint density at radius 3 is 2.53 bits per heavy atom. The average molecular weight is 262 g/mol. The van der Waals surface area contributed by atoms with Crippen LogP contribution >= 0.6 is 0 Å². The second kappa shape index (κ2) is 4.99. The van der Waals surface area contributed by atoms with E-state index in [9.17, 15) is 9.59 Å². The first-order valence-electron chi connectivity index (χ1n) is 6.33. The summed E-state index contributed by atoms with van der Waals surface area (Å²) < 4.78 is 0. The molecular weight excluding hydrogens is 244 g/mol. The van der Waals surface area contributed by atoms with Gasteiger partial charge in [-0.25, -0.2) is 0 Å². The maximum atomic E-state index is 11.8. The number of aliphatic carboxylic acids is 1. The normalized spacial score (nSPS) is 21.8. The number of carbonyl (C=O) groups excluding carboxylic acids is 1. The highest BCUT2D eigenvalue weighted by Gasteiger charge is 2.48. The topological polar surface area (TPSA) is 79.3 Å². The standard InChI is InChI=1S/C14H18N2O3/c1-14(2,9-3-5-15-6-4-9)8-16-12(17)10-7-11(10)13(18)19/h3-6,10-11H,7-8H2,1-2H3,(H,16,17)(H,18,19). The summed E-state index contributed by atoms with van der Waals surface area (Å²) in [6.45, 7) is 4.55. The maximum absolute atomic E-state index is 11.8. The first kappa shape index (κ1) is 13.5. The molecular formula is C14H18N2O3. The van der Waals surface area contributed by atoms with Crippen molar-refractivity contribution in [1.29, 1.82) is 0 Å². The van der Waals surface area contributed by atoms with E-state index in [0.29, 0.717) is 13.0 Å². The lowest BCUT2D eigenvalue weighted by molar-refractivity contribution is -0.140. The first-order chi connectivity index (χ1) is 8.92. The number of hydrogen-bond acceptors (Lipinski definition) is 3. The summed E-state index contributed by atoms with van der Waals surface area (Å²) in [5.41, 5.74) is 0.889. The van der Waals surface area contributed by atoms with Crippen LogP contribution in [0.15, 0.2) is 24.5 Å². The smallest absolute Gasteiger partial charge is 0.307 e. The number of nitrogens with one attached hydrogen (secondary N) is 1. The van der Waals surface area contributed by atoms with Gasteiger partial charge in [-0.15, -0.1) is 0 Å². The third kappa shape index (κ3) is 3.10. The van der Waals surface area contributed by atoms with Gasteiger partial charge in [0.2, 0.25) is 5.91 Å². The van der Waals surface area contributed by atoms with Crippen LogP contribution in [0.3, 0.4) is 0 Å². The van der Waals surface area contributed by atoms with Gasteiger partial charge in [-0.05, 0) is 24.1 Å². The molecule has 0 aromatic carbocycles. The van der Waals surface area contributed by atoms with Crippen molar-refractivity contribution in [2.24, 2.45) is 11.8 Å². The fraction of sp³-hybridized carbons (Fsp3) is 0.500. The fourth-order valence-corrected chi connectivity index (χ4v) is 2.10. The Balaban J connectivity index is 1.89. The SMILES string of the molecule is CC(C)(CNC(=O)C1CC1C(=O)O)c1ccncc1. The molecule has 1 fully saturated rings. The van der Waals surface area contributed by atoms with Crippen molar-refractivity contribution in [1.82, 2.24) is 10.3 Å². The highest BCUT2D eigenvalue weighted by molar-refractivity contribution is 5.89. The molecule has 0 spiro atoms. The number of nitrogens with zero attached hydrogens (tertiary/aromatic N) is 1. The van der Waals surface area contributed by atoms with E-state index in [-0.39, 0.29) is 17.2 Å². The quantitative estimate of drug-likeness (QED) is 0.835. The van der Waals surface area contributed by atoms with E-state index >= 15 is 0 Å². The first-order valence-corrected chi connectivity index (χ1v) is 6.33. The van der Waals surface area contributed by atoms with Gasteiger partial charge in [-0.1, -0.05) is 13.8 Å². The Morgan fingerprint density at radius 2 is 2.00 bits per heavy atom. The third-order valence-electron chi connectivity index (χ3n) is 3.61. The van der Waals surface area contributed by atoms with Crippen LogP contribution in [-0.2, 0) is 15.0 Å². The Bertz CT molecular complexity index is 485. The van der Waals surface area contributed by atoms with E-state index in [1.807, 2.05) is 26.0 Å². The van der Waals surface area contributed by atoms with Gasteiger partial charge in [0.05, 0.1) is 11.8 Å². The molecule has 1 aromatic heterocycles. The Hall–Kier alpha value is -1.91. The Labute approximate surface area is 112 Å². The van der Waals surface area contributed by atoms with Gasteiger partial charge in [0, 0.05) is 24.4 Å². The molecule has 1 aliphatic carbocycles. The summed E-state index contributed by atoms with van der Waals surface area (Å²) >= 11 is 0. The van der Waals surface area contributed by atoms with Crippen LogP contribution in [0.25, 0.3) is 0 Å². The minimum absolute atomic E-state index is 0.158. The molecule has 2 atom stereocenters. The molecule has 19 heavy (non-hydrogen) atoms. The number of aromatic nitrogens is 1. The van der Waals surface area contributed by atoms with Gasteiger partial charge in [0.15, 0.2) is 0 Å². The van der Waals surface area contributed by atoms with Crippen LogP contribution in [0.4, 0.5) is 0 Å². The molecule has 1 aromatic rings. The lowest BCUT2D eigenvalue weighted by Gasteiger charge is -2.25. The van der Waals surface area contributed by atoms with Crippen LogP contribution in [-0.4, -0.2) is 28.5 Å². The molecule has 1 heterocycles. The van der Waals surface area contributed by atoms with Crippen molar-refractivity contribution in [3.8, 4) is 0 Å². The summed E-state index contributed by atoms with van der Waals surface area (Å²) in [5.74, 6) is -1.89. The van der Waals surface area contributed by atoms with Crippen molar-refractivity contribution in [2.45, 2.75) is 25.7 Å². The summed E-state index contributed by atoms with van der Waals surface area (Å²) in [7, 11) is 0. The highest BCUT2D eigenvalue weighted by Crippen LogP contribution is 2.38. The van der Waals surface area contributed by atoms with Crippen LogP contribution in [0.1, 0.15) is 25.8 Å². The molecule has 1 amide bonds. The molecule has 102 valence electrons. The van der Waals surface area contributed by atoms with Gasteiger partial charge in [0.25, 0.3) is 0 Å². The summed E-state index contributed by atoms with van der Waals surface area (Å²) in [6, 6.07) is 3.84. The van der Waals surface area contributed by atoms with Gasteiger partial charge >= 0.3 is 5.97 Å². The number of carbonyl (C=O) groups is 2. The second-order valence-corrected chi connectivity index (χ2v) is 5.62. The molecule has 0 radical (unpaired) electrons. The number of rotatable bonds is 5. The summed E-state index contributed by atoms with van der Waals surface area (Å²) in [4.78, 5) is 26.5. The minimum Gasteiger partial charge on any atom is -0.481 e. The molecule has 2 unspecified atom stereocenters. The van der Waals surface area contributed by atoms with Crippen molar-refractivity contribution in [3.63, 3.8) is 0 Å². The molecule has 5 heteroatoms. The molecule has 0 saturated heterocycles. The molecule has 2 rings (SSSR count). The molecule has 0 aliphatic heterocycles. The van der Waals surface area contributed by atoms with E-state index < -0.39 is 11.9 Å². The van der Waals surface area contributed by atoms with Gasteiger partial charge in [-0.2, -0.15) is 0 Å². The zero-order valence-corrected chi connectivity index (χ0v) is 11.1. The lowest BCUT2D eigenvalue weighted by Crippen LogP contribution is -2.37. The predicted molar refractivity (Wildman–Crippen MR) is 69.5 cm³/mol. The van der Waals surface area contributed by atoms with Crippen LogP contribution in [0, 0.1) is 11.8 Å². The number of carboxylic acids is 1. The lowest BCUT2D eigenvalue weighted by atomic mass is 9.85. The van der Waals surface area contributed by atoms with E-state index in [2.05, 4.69) is 10.3 Å². The van der Waals surface area contributed by atoms with Crippen molar-refractivity contribution in [2.75, 3.05) is 6.54 Å². The summed E-state index contributed by atoms with van der Waals surface area (Å²) in [6.07, 6.45) is 3.90. The zero-order chi connectivity index (χ0) is 14.0. The molecule has 1 saturated carbocycles. The minimum atomic E-state index is -0.881. The molecule has 2 N–H and O–H groups in total. The number of carboxylic acid groups (broad SMARTS) is 1. The van der Waals surface area contributed by atoms with E-state index in [0.717, 1.165) is 5.56 Å². The van der Waals surface area contributed by atoms with E-state index in [4.69, 9.17) is 5.11 Å². The van der Waals surface area contributed by atoms with Gasteiger partial charge < -0.3 is 10.4 Å². The molecule has 5 nitrogen and oxygen atoms in total. The Morgan fingerprint density at radius 1 is 1.37 bits per heavy atom. The average Bonchev–Trinajstić information content (AvgIpc) is 3.17. The molecule has 0 bridgehead atoms. The van der Waals surface area contributed by atoms with Crippen LogP contribution in [0.5, 0.6) is 0 Å². The van der Waals surface area contributed by atoms with Crippen molar-refractivity contribution >= 4 is 11.9 Å². The third-order valence-corrected chi connectivity index (χ3v) is 3.61. The zero-order valence-electron chi connectivity index (χ0n) is 11.1. The number of hydrogen-bond donors (Lipinski definition) is 2. The van der Waals surface area contributed by atoms with Crippen molar-refractivity contribution in [3.05, 3.63) is 30.1 Å². The molecule has 1 aliphatic rings. The highest BCUT2D eigenvalue weighted by atomic mass is 16.4. The monoisotopic (exact) mass is 262 g/mol. The number of pyridine rings is 1. The Kier molecular flexibility index (Phi) is 3.55. The van der Waals surface area contributed by atoms with Gasteiger partial charge in [0.1, 0.15) is 0 Å². The van der Waals surface area contributed by atoms with E-state index in [1.54, 1.807) is 12.4 Å². The maximum Gasteiger partial charge on any atom is 0.307 e. The van der Waals surface area contributed by atoms with E-state index in [1.165, 1.54) is 0 Å². The van der Waals surface area contributed by atoms with Crippen molar-refractivity contribution < 1.29 is 14.7 Å². The summed E-state index contributed by atoms with van der Waals surface area (Å²) in [5, 5.41) is 11.6. The van der Waals surface area contributed by atoms with Crippen LogP contribution < -0.4 is 5.32 Å². The fourth-order valence-electron chi connectivity index (χ4n) is 2.10. The predicted octanol–water partition coefficient (Wildman–Crippen LogP) is 1.20. The largest absolute Gasteiger partial charge is 0.481 e. The second-order valence-electron chi connectivity index (χ2n) is 5.62. The number of amides is 1. The van der Waals surface area contributed by atoms with Gasteiger partial charge in [-0.3, -0.25) is 14.6 Å².